The van der Waals surface area contributed by atoms with Gasteiger partial charge in [0.25, 0.3) is 0 Å². The van der Waals surface area contributed by atoms with Crippen molar-refractivity contribution < 1.29 is 4.79 Å². The third kappa shape index (κ3) is 3.03. The zero-order valence-corrected chi connectivity index (χ0v) is 12.9. The van der Waals surface area contributed by atoms with Crippen molar-refractivity contribution in [2.75, 3.05) is 5.32 Å². The van der Waals surface area contributed by atoms with Crippen LogP contribution in [-0.2, 0) is 10.3 Å². The summed E-state index contributed by atoms with van der Waals surface area (Å²) in [5.74, 6) is -0.407. The van der Waals surface area contributed by atoms with Gasteiger partial charge < -0.3 is 11.1 Å². The van der Waals surface area contributed by atoms with E-state index in [1.807, 2.05) is 50.2 Å². The van der Waals surface area contributed by atoms with Crippen LogP contribution in [0.4, 0.5) is 5.69 Å². The maximum Gasteiger partial charge on any atom is 0.247 e. The van der Waals surface area contributed by atoms with Crippen molar-refractivity contribution in [1.29, 1.82) is 0 Å². The Bertz CT molecular complexity index is 639. The van der Waals surface area contributed by atoms with E-state index in [2.05, 4.69) is 5.32 Å². The van der Waals surface area contributed by atoms with Gasteiger partial charge in [-0.1, -0.05) is 48.9 Å². The second kappa shape index (κ2) is 6.19. The van der Waals surface area contributed by atoms with Gasteiger partial charge in [-0.25, -0.2) is 0 Å². The molecule has 3 nitrogen and oxygen atoms in total. The largest absolute Gasteiger partial charge is 0.367 e. The fraction of sp³-hybridized carbons (Fsp3) is 0.235. The number of para-hydroxylation sites is 1. The van der Waals surface area contributed by atoms with Crippen molar-refractivity contribution in [3.05, 3.63) is 64.7 Å². The first-order valence-electron chi connectivity index (χ1n) is 6.89. The highest BCUT2D eigenvalue weighted by Gasteiger charge is 2.37. The lowest BCUT2D eigenvalue weighted by Crippen LogP contribution is -2.47. The number of anilines is 1. The molecule has 110 valence electrons. The highest BCUT2D eigenvalue weighted by atomic mass is 35.5. The average Bonchev–Trinajstić information content (AvgIpc) is 2.47. The van der Waals surface area contributed by atoms with Gasteiger partial charge in [0.1, 0.15) is 5.54 Å². The molecule has 0 heterocycles. The summed E-state index contributed by atoms with van der Waals surface area (Å²) >= 11 is 5.93. The fourth-order valence-electron chi connectivity index (χ4n) is 2.42. The Labute approximate surface area is 130 Å². The van der Waals surface area contributed by atoms with Crippen LogP contribution in [0.2, 0.25) is 5.02 Å². The number of nitrogens with one attached hydrogen (secondary N) is 1. The summed E-state index contributed by atoms with van der Waals surface area (Å²) in [6.07, 6.45) is 0.540. The predicted octanol–water partition coefficient (Wildman–Crippen LogP) is 3.85. The smallest absolute Gasteiger partial charge is 0.247 e. The molecule has 0 aliphatic carbocycles. The Hall–Kier alpha value is -2.00. The molecule has 0 saturated heterocycles. The SMILES string of the molecule is CCC(Nc1ccccc1C)(C(N)=O)c1ccc(Cl)cc1. The average molecular weight is 303 g/mol. The predicted molar refractivity (Wildman–Crippen MR) is 87.4 cm³/mol. The standard InChI is InChI=1S/C17H19ClN2O/c1-3-17(16(19)21,13-8-10-14(18)11-9-13)20-15-7-5-4-6-12(15)2/h4-11,20H,3H2,1-2H3,(H2,19,21). The molecule has 0 aliphatic heterocycles. The quantitative estimate of drug-likeness (QED) is 0.881. The lowest BCUT2D eigenvalue weighted by molar-refractivity contribution is -0.122. The van der Waals surface area contributed by atoms with E-state index < -0.39 is 11.4 Å². The minimum atomic E-state index is -0.948. The van der Waals surface area contributed by atoms with Crippen LogP contribution in [0.25, 0.3) is 0 Å². The van der Waals surface area contributed by atoms with Gasteiger partial charge in [0, 0.05) is 10.7 Å². The Morgan fingerprint density at radius 3 is 2.33 bits per heavy atom. The van der Waals surface area contributed by atoms with Crippen LogP contribution in [0.3, 0.4) is 0 Å². The van der Waals surface area contributed by atoms with Crippen molar-refractivity contribution >= 4 is 23.2 Å². The molecule has 0 aliphatic rings. The summed E-state index contributed by atoms with van der Waals surface area (Å²) in [7, 11) is 0. The minimum Gasteiger partial charge on any atom is -0.367 e. The van der Waals surface area contributed by atoms with Gasteiger partial charge in [-0.05, 0) is 42.7 Å². The molecule has 0 bridgehead atoms. The number of amides is 1. The molecule has 1 unspecified atom stereocenters. The summed E-state index contributed by atoms with van der Waals surface area (Å²) in [5, 5.41) is 3.96. The van der Waals surface area contributed by atoms with E-state index in [4.69, 9.17) is 17.3 Å². The molecule has 0 aromatic heterocycles. The van der Waals surface area contributed by atoms with Gasteiger partial charge >= 0.3 is 0 Å². The Morgan fingerprint density at radius 2 is 1.81 bits per heavy atom. The molecule has 1 amide bonds. The van der Waals surface area contributed by atoms with Crippen LogP contribution in [0.1, 0.15) is 24.5 Å². The number of hydrogen-bond acceptors (Lipinski definition) is 2. The lowest BCUT2D eigenvalue weighted by atomic mass is 9.86. The third-order valence-electron chi connectivity index (χ3n) is 3.78. The van der Waals surface area contributed by atoms with Crippen molar-refractivity contribution in [3.63, 3.8) is 0 Å². The number of aryl methyl sites for hydroxylation is 1. The molecule has 0 saturated carbocycles. The number of benzene rings is 2. The van der Waals surface area contributed by atoms with E-state index in [9.17, 15) is 4.79 Å². The molecular weight excluding hydrogens is 284 g/mol. The fourth-order valence-corrected chi connectivity index (χ4v) is 2.55. The maximum atomic E-state index is 12.2. The zero-order valence-electron chi connectivity index (χ0n) is 12.2. The van der Waals surface area contributed by atoms with Gasteiger partial charge in [-0.3, -0.25) is 4.79 Å². The van der Waals surface area contributed by atoms with Gasteiger partial charge in [0.05, 0.1) is 0 Å². The number of rotatable bonds is 5. The summed E-state index contributed by atoms with van der Waals surface area (Å²) < 4.78 is 0. The first-order chi connectivity index (χ1) is 9.99. The topological polar surface area (TPSA) is 55.1 Å². The van der Waals surface area contributed by atoms with Crippen LogP contribution in [-0.4, -0.2) is 5.91 Å². The molecule has 0 spiro atoms. The van der Waals surface area contributed by atoms with Crippen LogP contribution in [0.5, 0.6) is 0 Å². The number of halogens is 1. The second-order valence-corrected chi connectivity index (χ2v) is 5.51. The molecule has 3 N–H and O–H groups in total. The van der Waals surface area contributed by atoms with Gasteiger partial charge in [0.15, 0.2) is 0 Å². The number of hydrogen-bond donors (Lipinski definition) is 2. The molecule has 2 rings (SSSR count). The van der Waals surface area contributed by atoms with Gasteiger partial charge in [-0.2, -0.15) is 0 Å². The van der Waals surface area contributed by atoms with Gasteiger partial charge in [0.2, 0.25) is 5.91 Å². The number of nitrogens with two attached hydrogens (primary N) is 1. The molecular formula is C17H19ClN2O. The van der Waals surface area contributed by atoms with Crippen molar-refractivity contribution in [2.24, 2.45) is 5.73 Å². The van der Waals surface area contributed by atoms with Crippen molar-refractivity contribution in [3.8, 4) is 0 Å². The number of carbonyl (C=O) groups excluding carboxylic acids is 1. The molecule has 0 radical (unpaired) electrons. The summed E-state index contributed by atoms with van der Waals surface area (Å²) in [4.78, 5) is 12.2. The molecule has 2 aromatic carbocycles. The monoisotopic (exact) mass is 302 g/mol. The summed E-state index contributed by atoms with van der Waals surface area (Å²) in [6, 6.07) is 15.0. The molecule has 21 heavy (non-hydrogen) atoms. The van der Waals surface area contributed by atoms with E-state index >= 15 is 0 Å². The van der Waals surface area contributed by atoms with Crippen molar-refractivity contribution in [2.45, 2.75) is 25.8 Å². The van der Waals surface area contributed by atoms with E-state index in [1.165, 1.54) is 0 Å². The maximum absolute atomic E-state index is 12.2. The highest BCUT2D eigenvalue weighted by molar-refractivity contribution is 6.30. The summed E-state index contributed by atoms with van der Waals surface area (Å²) in [5.41, 5.74) is 7.54. The minimum absolute atomic E-state index is 0.407. The Balaban J connectivity index is 2.50. The molecule has 1 atom stereocenters. The number of primary amides is 1. The number of carbonyl (C=O) groups is 1. The van der Waals surface area contributed by atoms with Crippen LogP contribution >= 0.6 is 11.6 Å². The van der Waals surface area contributed by atoms with Crippen LogP contribution < -0.4 is 11.1 Å². The highest BCUT2D eigenvalue weighted by Crippen LogP contribution is 2.31. The van der Waals surface area contributed by atoms with E-state index in [0.29, 0.717) is 11.4 Å². The summed E-state index contributed by atoms with van der Waals surface area (Å²) in [6.45, 7) is 3.93. The van der Waals surface area contributed by atoms with E-state index in [1.54, 1.807) is 12.1 Å². The van der Waals surface area contributed by atoms with Crippen LogP contribution in [0.15, 0.2) is 48.5 Å². The van der Waals surface area contributed by atoms with E-state index in [0.717, 1.165) is 16.8 Å². The molecule has 4 heteroatoms. The normalized spacial score (nSPS) is 13.5. The van der Waals surface area contributed by atoms with E-state index in [-0.39, 0.29) is 0 Å². The van der Waals surface area contributed by atoms with Crippen molar-refractivity contribution in [1.82, 2.24) is 0 Å². The lowest BCUT2D eigenvalue weighted by Gasteiger charge is -2.33. The first-order valence-corrected chi connectivity index (χ1v) is 7.27. The van der Waals surface area contributed by atoms with Crippen LogP contribution in [0, 0.1) is 6.92 Å². The van der Waals surface area contributed by atoms with Gasteiger partial charge in [-0.15, -0.1) is 0 Å². The Morgan fingerprint density at radius 1 is 1.19 bits per heavy atom. The zero-order chi connectivity index (χ0) is 15.5. The Kier molecular flexibility index (Phi) is 4.53. The molecule has 0 fully saturated rings. The second-order valence-electron chi connectivity index (χ2n) is 5.07. The molecule has 2 aromatic rings. The third-order valence-corrected chi connectivity index (χ3v) is 4.03. The first kappa shape index (κ1) is 15.4.